The molecule has 0 aliphatic heterocycles. The van der Waals surface area contributed by atoms with Crippen LogP contribution in [0.4, 0.5) is 11.8 Å². The molecule has 0 saturated heterocycles. The van der Waals surface area contributed by atoms with Gasteiger partial charge in [0.25, 0.3) is 0 Å². The Labute approximate surface area is 162 Å². The fourth-order valence-corrected chi connectivity index (χ4v) is 3.72. The molecule has 0 saturated carbocycles. The standard InChI is InChI=1S/C23H19N5/c24-22-19-9-10-20-18(21(19)26-23(25)27-22)11-12-28(20)14-15-5-4-8-17(13-15)16-6-2-1-3-7-16/h1-13H,14H2,(H4,24,25,26,27). The quantitative estimate of drug-likeness (QED) is 0.494. The zero-order valence-electron chi connectivity index (χ0n) is 15.2. The van der Waals surface area contributed by atoms with Gasteiger partial charge in [-0.25, -0.2) is 4.98 Å². The van der Waals surface area contributed by atoms with Gasteiger partial charge in [0, 0.05) is 23.5 Å². The molecule has 0 fully saturated rings. The summed E-state index contributed by atoms with van der Waals surface area (Å²) in [5.74, 6) is 0.605. The molecule has 2 heterocycles. The molecule has 5 nitrogen and oxygen atoms in total. The zero-order chi connectivity index (χ0) is 19.1. The first-order valence-electron chi connectivity index (χ1n) is 9.14. The van der Waals surface area contributed by atoms with E-state index in [0.29, 0.717) is 5.82 Å². The summed E-state index contributed by atoms with van der Waals surface area (Å²) in [5.41, 5.74) is 17.4. The van der Waals surface area contributed by atoms with Gasteiger partial charge in [-0.2, -0.15) is 4.98 Å². The van der Waals surface area contributed by atoms with Crippen molar-refractivity contribution in [1.29, 1.82) is 0 Å². The third-order valence-corrected chi connectivity index (χ3v) is 5.05. The SMILES string of the molecule is Nc1nc(N)c2ccc3c(ccn3Cc3cccc(-c4ccccc4)c3)c2n1. The first kappa shape index (κ1) is 16.3. The fraction of sp³-hybridized carbons (Fsp3) is 0.0435. The Kier molecular flexibility index (Phi) is 3.72. The van der Waals surface area contributed by atoms with Gasteiger partial charge >= 0.3 is 0 Å². The Morgan fingerprint density at radius 2 is 1.57 bits per heavy atom. The highest BCUT2D eigenvalue weighted by molar-refractivity contribution is 6.07. The lowest BCUT2D eigenvalue weighted by molar-refractivity contribution is 0.837. The fourth-order valence-electron chi connectivity index (χ4n) is 3.72. The van der Waals surface area contributed by atoms with E-state index < -0.39 is 0 Å². The predicted molar refractivity (Wildman–Crippen MR) is 115 cm³/mol. The number of benzene rings is 3. The van der Waals surface area contributed by atoms with Crippen LogP contribution >= 0.6 is 0 Å². The Bertz CT molecular complexity index is 1310. The lowest BCUT2D eigenvalue weighted by atomic mass is 10.0. The van der Waals surface area contributed by atoms with E-state index in [0.717, 1.165) is 28.4 Å². The van der Waals surface area contributed by atoms with Gasteiger partial charge in [0.2, 0.25) is 5.95 Å². The molecule has 0 spiro atoms. The second-order valence-corrected chi connectivity index (χ2v) is 6.87. The highest BCUT2D eigenvalue weighted by Crippen LogP contribution is 2.29. The van der Waals surface area contributed by atoms with Crippen molar-refractivity contribution < 1.29 is 0 Å². The predicted octanol–water partition coefficient (Wildman–Crippen LogP) is 4.46. The van der Waals surface area contributed by atoms with Gasteiger partial charge in [-0.15, -0.1) is 0 Å². The molecule has 0 radical (unpaired) electrons. The van der Waals surface area contributed by atoms with Crippen LogP contribution in [-0.2, 0) is 6.54 Å². The monoisotopic (exact) mass is 365 g/mol. The molecular formula is C23H19N5. The third-order valence-electron chi connectivity index (χ3n) is 5.05. The van der Waals surface area contributed by atoms with E-state index in [1.165, 1.54) is 16.7 Å². The lowest BCUT2D eigenvalue weighted by Gasteiger charge is -2.09. The second-order valence-electron chi connectivity index (χ2n) is 6.87. The number of hydrogen-bond acceptors (Lipinski definition) is 4. The zero-order valence-corrected chi connectivity index (χ0v) is 15.2. The number of nitrogen functional groups attached to an aromatic ring is 2. The Morgan fingerprint density at radius 3 is 2.43 bits per heavy atom. The van der Waals surface area contributed by atoms with Gasteiger partial charge < -0.3 is 16.0 Å². The number of aromatic nitrogens is 3. The first-order chi connectivity index (χ1) is 13.7. The van der Waals surface area contributed by atoms with E-state index in [2.05, 4.69) is 81.4 Å². The van der Waals surface area contributed by atoms with E-state index >= 15 is 0 Å². The lowest BCUT2D eigenvalue weighted by Crippen LogP contribution is -2.01. The van der Waals surface area contributed by atoms with E-state index in [1.54, 1.807) is 0 Å². The Balaban J connectivity index is 1.57. The summed E-state index contributed by atoms with van der Waals surface area (Å²) < 4.78 is 2.22. The Morgan fingerprint density at radius 1 is 0.750 bits per heavy atom. The van der Waals surface area contributed by atoms with E-state index in [9.17, 15) is 0 Å². The summed E-state index contributed by atoms with van der Waals surface area (Å²) in [6.07, 6.45) is 2.08. The first-order valence-corrected chi connectivity index (χ1v) is 9.14. The van der Waals surface area contributed by atoms with Crippen LogP contribution < -0.4 is 11.5 Å². The molecule has 4 N–H and O–H groups in total. The maximum atomic E-state index is 6.01. The van der Waals surface area contributed by atoms with Crippen molar-refractivity contribution in [2.45, 2.75) is 6.54 Å². The minimum Gasteiger partial charge on any atom is -0.383 e. The molecule has 0 bridgehead atoms. The smallest absolute Gasteiger partial charge is 0.222 e. The van der Waals surface area contributed by atoms with Crippen molar-refractivity contribution in [2.75, 3.05) is 11.5 Å². The normalized spacial score (nSPS) is 11.3. The molecule has 136 valence electrons. The summed E-state index contributed by atoms with van der Waals surface area (Å²) in [5, 5.41) is 1.85. The van der Waals surface area contributed by atoms with E-state index in [-0.39, 0.29) is 5.95 Å². The summed E-state index contributed by atoms with van der Waals surface area (Å²) in [6.45, 7) is 0.770. The molecule has 0 aliphatic rings. The maximum Gasteiger partial charge on any atom is 0.222 e. The van der Waals surface area contributed by atoms with Crippen LogP contribution in [0.25, 0.3) is 32.9 Å². The van der Waals surface area contributed by atoms with Crippen LogP contribution in [0.15, 0.2) is 79.0 Å². The van der Waals surface area contributed by atoms with Gasteiger partial charge in [0.15, 0.2) is 0 Å². The highest BCUT2D eigenvalue weighted by Gasteiger charge is 2.11. The molecule has 5 heteroatoms. The van der Waals surface area contributed by atoms with Crippen LogP contribution in [0.3, 0.4) is 0 Å². The van der Waals surface area contributed by atoms with Crippen molar-refractivity contribution in [1.82, 2.24) is 14.5 Å². The van der Waals surface area contributed by atoms with Crippen LogP contribution in [0.1, 0.15) is 5.56 Å². The van der Waals surface area contributed by atoms with Gasteiger partial charge in [-0.3, -0.25) is 0 Å². The van der Waals surface area contributed by atoms with Crippen molar-refractivity contribution in [2.24, 2.45) is 0 Å². The van der Waals surface area contributed by atoms with Gasteiger partial charge in [0.1, 0.15) is 5.82 Å². The second kappa shape index (κ2) is 6.39. The third kappa shape index (κ3) is 2.74. The topological polar surface area (TPSA) is 82.7 Å². The highest BCUT2D eigenvalue weighted by atomic mass is 15.0. The van der Waals surface area contributed by atoms with Crippen molar-refractivity contribution in [3.8, 4) is 11.1 Å². The molecular weight excluding hydrogens is 346 g/mol. The van der Waals surface area contributed by atoms with E-state index in [1.807, 2.05) is 12.1 Å². The van der Waals surface area contributed by atoms with Crippen LogP contribution in [-0.4, -0.2) is 14.5 Å². The number of anilines is 2. The number of nitrogens with zero attached hydrogens (tertiary/aromatic N) is 3. The van der Waals surface area contributed by atoms with Crippen LogP contribution in [0.5, 0.6) is 0 Å². The molecule has 5 rings (SSSR count). The molecule has 5 aromatic rings. The van der Waals surface area contributed by atoms with E-state index in [4.69, 9.17) is 11.5 Å². The van der Waals surface area contributed by atoms with Gasteiger partial charge in [-0.05, 0) is 41.0 Å². The average Bonchev–Trinajstić information content (AvgIpc) is 3.12. The molecule has 0 aliphatic carbocycles. The number of rotatable bonds is 3. The summed E-state index contributed by atoms with van der Waals surface area (Å²) in [4.78, 5) is 8.47. The summed E-state index contributed by atoms with van der Waals surface area (Å²) in [6, 6.07) is 25.1. The molecule has 0 amide bonds. The van der Waals surface area contributed by atoms with Crippen molar-refractivity contribution in [3.05, 3.63) is 84.6 Å². The van der Waals surface area contributed by atoms with Crippen LogP contribution in [0.2, 0.25) is 0 Å². The maximum absolute atomic E-state index is 6.01. The average molecular weight is 365 g/mol. The minimum atomic E-state index is 0.195. The van der Waals surface area contributed by atoms with Gasteiger partial charge in [0.05, 0.1) is 11.0 Å². The molecule has 3 aromatic carbocycles. The molecule has 0 unspecified atom stereocenters. The molecule has 2 aromatic heterocycles. The summed E-state index contributed by atoms with van der Waals surface area (Å²) in [7, 11) is 0. The number of fused-ring (bicyclic) bond motifs is 3. The van der Waals surface area contributed by atoms with Crippen LogP contribution in [0, 0.1) is 0 Å². The van der Waals surface area contributed by atoms with Crippen molar-refractivity contribution in [3.63, 3.8) is 0 Å². The minimum absolute atomic E-state index is 0.195. The molecule has 28 heavy (non-hydrogen) atoms. The largest absolute Gasteiger partial charge is 0.383 e. The Hall–Kier alpha value is -3.86. The van der Waals surface area contributed by atoms with Crippen molar-refractivity contribution >= 4 is 33.6 Å². The summed E-state index contributed by atoms with van der Waals surface area (Å²) >= 11 is 0. The number of hydrogen-bond donors (Lipinski definition) is 2. The van der Waals surface area contributed by atoms with Gasteiger partial charge in [-0.1, -0.05) is 48.5 Å². The number of nitrogens with two attached hydrogens (primary N) is 2. The molecule has 0 atom stereocenters.